The van der Waals surface area contributed by atoms with E-state index in [4.69, 9.17) is 22.6 Å². The molecular formula is C27H29N3O7S. The van der Waals surface area contributed by atoms with Crippen molar-refractivity contribution < 1.29 is 31.6 Å². The fourth-order valence-corrected chi connectivity index (χ4v) is 4.85. The van der Waals surface area contributed by atoms with E-state index >= 15 is 0 Å². The Morgan fingerprint density at radius 1 is 1.00 bits per heavy atom. The van der Waals surface area contributed by atoms with Crippen LogP contribution in [0.15, 0.2) is 60.9 Å². The van der Waals surface area contributed by atoms with Crippen molar-refractivity contribution in [3.8, 4) is 17.5 Å². The third-order valence-corrected chi connectivity index (χ3v) is 7.13. The Balaban J connectivity index is 1.12. The van der Waals surface area contributed by atoms with Gasteiger partial charge in [-0.2, -0.15) is 4.21 Å². The largest absolute Gasteiger partial charge is 0.474 e. The molecule has 0 bridgehead atoms. The van der Waals surface area contributed by atoms with Gasteiger partial charge in [-0.05, 0) is 30.2 Å². The van der Waals surface area contributed by atoms with Crippen molar-refractivity contribution in [2.24, 2.45) is 0 Å². The number of aromatic nitrogens is 2. The summed E-state index contributed by atoms with van der Waals surface area (Å²) in [6.07, 6.45) is 2.36. The van der Waals surface area contributed by atoms with E-state index in [1.165, 1.54) is 6.33 Å². The number of amides is 1. The van der Waals surface area contributed by atoms with E-state index in [1.807, 2.05) is 61.5 Å². The lowest BCUT2D eigenvalue weighted by Crippen LogP contribution is -2.42. The molecule has 11 heteroatoms. The third kappa shape index (κ3) is 6.66. The van der Waals surface area contributed by atoms with E-state index in [0.717, 1.165) is 11.1 Å². The van der Waals surface area contributed by atoms with Gasteiger partial charge in [0, 0.05) is 31.8 Å². The number of hydrogen-bond donors (Lipinski definition) is 0. The molecule has 3 aromatic rings. The molecule has 2 aromatic carbocycles. The summed E-state index contributed by atoms with van der Waals surface area (Å²) in [6.45, 7) is 3.88. The van der Waals surface area contributed by atoms with E-state index in [-0.39, 0.29) is 24.7 Å². The molecular weight excluding hydrogens is 510 g/mol. The van der Waals surface area contributed by atoms with Gasteiger partial charge in [-0.15, -0.1) is 0 Å². The van der Waals surface area contributed by atoms with E-state index < -0.39 is 11.4 Å². The maximum Gasteiger partial charge on any atom is 0.410 e. The monoisotopic (exact) mass is 539 g/mol. The Labute approximate surface area is 223 Å². The second-order valence-electron chi connectivity index (χ2n) is 9.09. The van der Waals surface area contributed by atoms with Gasteiger partial charge >= 0.3 is 17.5 Å². The van der Waals surface area contributed by atoms with Crippen molar-refractivity contribution in [2.45, 2.75) is 38.4 Å². The van der Waals surface area contributed by atoms with E-state index in [9.17, 15) is 9.00 Å². The maximum atomic E-state index is 12.4. The lowest BCUT2D eigenvalue weighted by molar-refractivity contribution is 0.0621. The molecule has 0 spiro atoms. The molecule has 0 atom stereocenters. The molecule has 5 rings (SSSR count). The molecule has 0 radical (unpaired) electrons. The first-order valence-electron chi connectivity index (χ1n) is 12.4. The average molecular weight is 540 g/mol. The minimum absolute atomic E-state index is 0.0136. The first-order chi connectivity index (χ1) is 18.5. The van der Waals surface area contributed by atoms with Gasteiger partial charge in [-0.1, -0.05) is 42.5 Å². The van der Waals surface area contributed by atoms with Crippen molar-refractivity contribution in [1.82, 2.24) is 14.9 Å². The summed E-state index contributed by atoms with van der Waals surface area (Å²) in [4.78, 5) is 22.7. The average Bonchev–Trinajstić information content (AvgIpc) is 2.96. The SMILES string of the molecule is Cc1c(Oc2ccc([C@H]3CO[S@@](=O)OC3)cc2)ncnc1OC1CCN(C(=O)OCc2ccccc2)CC1. The summed E-state index contributed by atoms with van der Waals surface area (Å²) in [5, 5.41) is 0. The van der Waals surface area contributed by atoms with E-state index in [1.54, 1.807) is 4.90 Å². The van der Waals surface area contributed by atoms with Crippen LogP contribution in [0.5, 0.6) is 17.5 Å². The molecule has 0 N–H and O–H groups in total. The van der Waals surface area contributed by atoms with E-state index in [0.29, 0.717) is 62.2 Å². The fourth-order valence-electron chi connectivity index (χ4n) is 4.23. The molecule has 200 valence electrons. The second-order valence-corrected chi connectivity index (χ2v) is 9.97. The van der Waals surface area contributed by atoms with Crippen molar-refractivity contribution in [3.05, 3.63) is 77.6 Å². The molecule has 0 aliphatic carbocycles. The summed E-state index contributed by atoms with van der Waals surface area (Å²) in [7, 11) is 0. The minimum atomic E-state index is -1.66. The summed E-state index contributed by atoms with van der Waals surface area (Å²) >= 11 is -1.66. The molecule has 0 unspecified atom stereocenters. The summed E-state index contributed by atoms with van der Waals surface area (Å²) in [5.74, 6) is 1.50. The van der Waals surface area contributed by atoms with Crippen LogP contribution in [0.25, 0.3) is 0 Å². The van der Waals surface area contributed by atoms with Gasteiger partial charge in [0.15, 0.2) is 0 Å². The van der Waals surface area contributed by atoms with Crippen LogP contribution in [0.1, 0.15) is 35.4 Å². The zero-order chi connectivity index (χ0) is 26.3. The van der Waals surface area contributed by atoms with Gasteiger partial charge < -0.3 is 19.1 Å². The molecule has 2 aliphatic rings. The smallest absolute Gasteiger partial charge is 0.410 e. The normalized spacial score (nSPS) is 20.1. The Morgan fingerprint density at radius 3 is 2.39 bits per heavy atom. The van der Waals surface area contributed by atoms with Crippen molar-refractivity contribution >= 4 is 17.5 Å². The predicted octanol–water partition coefficient (Wildman–Crippen LogP) is 4.47. The van der Waals surface area contributed by atoms with Crippen LogP contribution in [0, 0.1) is 6.92 Å². The third-order valence-electron chi connectivity index (χ3n) is 6.47. The number of hydrogen-bond acceptors (Lipinski definition) is 9. The highest BCUT2D eigenvalue weighted by Gasteiger charge is 2.26. The highest BCUT2D eigenvalue weighted by Crippen LogP contribution is 2.30. The number of likely N-dealkylation sites (tertiary alicyclic amines) is 1. The second kappa shape index (κ2) is 12.3. The number of ether oxygens (including phenoxy) is 3. The summed E-state index contributed by atoms with van der Waals surface area (Å²) in [5.41, 5.74) is 2.66. The molecule has 2 aliphatic heterocycles. The predicted molar refractivity (Wildman–Crippen MR) is 138 cm³/mol. The Kier molecular flexibility index (Phi) is 8.47. The molecule has 0 saturated carbocycles. The fraction of sp³-hybridized carbons (Fsp3) is 0.370. The van der Waals surface area contributed by atoms with Gasteiger partial charge in [0.2, 0.25) is 11.8 Å². The van der Waals surface area contributed by atoms with Crippen LogP contribution in [0.3, 0.4) is 0 Å². The van der Waals surface area contributed by atoms with Crippen molar-refractivity contribution in [2.75, 3.05) is 26.3 Å². The van der Waals surface area contributed by atoms with Crippen LogP contribution in [-0.4, -0.2) is 57.6 Å². The molecule has 2 fully saturated rings. The zero-order valence-corrected chi connectivity index (χ0v) is 21.8. The van der Waals surface area contributed by atoms with E-state index in [2.05, 4.69) is 9.97 Å². The standard InChI is InChI=1S/C27H29N3O7S/c1-19-25(36-23-9-7-21(8-10-23)22-16-34-38(32)35-17-22)28-18-29-26(19)37-24-11-13-30(14-12-24)27(31)33-15-20-5-3-2-4-6-20/h2-10,18,22,24H,11-17H2,1H3/t22-,38+. The lowest BCUT2D eigenvalue weighted by atomic mass is 10.0. The van der Waals surface area contributed by atoms with Crippen LogP contribution in [-0.2, 0) is 31.1 Å². The van der Waals surface area contributed by atoms with Gasteiger partial charge in [0.1, 0.15) is 24.8 Å². The van der Waals surface area contributed by atoms with Crippen molar-refractivity contribution in [3.63, 3.8) is 0 Å². The Hall–Kier alpha value is -3.54. The molecule has 3 heterocycles. The summed E-state index contributed by atoms with van der Waals surface area (Å²) in [6, 6.07) is 17.2. The van der Waals surface area contributed by atoms with Gasteiger partial charge in [0.25, 0.3) is 0 Å². The Morgan fingerprint density at radius 2 is 1.68 bits per heavy atom. The molecule has 1 aromatic heterocycles. The quantitative estimate of drug-likeness (QED) is 0.430. The number of rotatable bonds is 7. The van der Waals surface area contributed by atoms with Gasteiger partial charge in [-0.3, -0.25) is 8.37 Å². The zero-order valence-electron chi connectivity index (χ0n) is 21.0. The Bertz CT molecular complexity index is 1240. The number of nitrogens with zero attached hydrogens (tertiary/aromatic N) is 3. The van der Waals surface area contributed by atoms with Crippen LogP contribution in [0.2, 0.25) is 0 Å². The summed E-state index contributed by atoms with van der Waals surface area (Å²) < 4.78 is 38.9. The van der Waals surface area contributed by atoms with Crippen molar-refractivity contribution in [1.29, 1.82) is 0 Å². The molecule has 10 nitrogen and oxygen atoms in total. The maximum absolute atomic E-state index is 12.4. The molecule has 38 heavy (non-hydrogen) atoms. The highest BCUT2D eigenvalue weighted by molar-refractivity contribution is 7.75. The van der Waals surface area contributed by atoms with Crippen LogP contribution < -0.4 is 9.47 Å². The molecule has 2 saturated heterocycles. The first-order valence-corrected chi connectivity index (χ1v) is 13.4. The highest BCUT2D eigenvalue weighted by atomic mass is 32.2. The van der Waals surface area contributed by atoms with Crippen LogP contribution >= 0.6 is 0 Å². The van der Waals surface area contributed by atoms with Crippen LogP contribution in [0.4, 0.5) is 4.79 Å². The number of carbonyl (C=O) groups is 1. The van der Waals surface area contributed by atoms with Gasteiger partial charge in [0.05, 0.1) is 18.8 Å². The number of carbonyl (C=O) groups excluding carboxylic acids is 1. The van der Waals surface area contributed by atoms with Gasteiger partial charge in [-0.25, -0.2) is 14.8 Å². The minimum Gasteiger partial charge on any atom is -0.474 e. The first kappa shape index (κ1) is 26.1. The molecule has 1 amide bonds. The number of benzene rings is 2. The lowest BCUT2D eigenvalue weighted by Gasteiger charge is -2.31. The number of piperidine rings is 1. The topological polar surface area (TPSA) is 109 Å².